The third-order valence-electron chi connectivity index (χ3n) is 0. The van der Waals surface area contributed by atoms with Gasteiger partial charge in [0.05, 0.1) is 6.26 Å². The van der Waals surface area contributed by atoms with Crippen molar-refractivity contribution in [2.24, 2.45) is 0 Å². The molecule has 36 valence electrons. The topological polar surface area (TPSA) is 54.4 Å². The Bertz CT molecular complexity index is 94.0. The van der Waals surface area contributed by atoms with Gasteiger partial charge >= 0.3 is 45.5 Å². The van der Waals surface area contributed by atoms with Crippen LogP contribution in [0.25, 0.3) is 0 Å². The predicted molar refractivity (Wildman–Crippen MR) is 26.0 cm³/mol. The molecule has 0 aromatic carbocycles. The first kappa shape index (κ1) is 10.4. The average molecular weight is 186 g/mol. The first-order chi connectivity index (χ1) is 2.00. The Morgan fingerprint density at radius 2 is 1.50 bits per heavy atom. The van der Waals surface area contributed by atoms with Crippen LogP contribution in [-0.2, 0) is 10.1 Å². The molecule has 0 aromatic heterocycles. The molecular weight excluding hydrogens is 180 g/mol. The zero-order valence-corrected chi connectivity index (χ0v) is 3.49. The van der Waals surface area contributed by atoms with Crippen LogP contribution in [0.1, 0.15) is 0 Å². The van der Waals surface area contributed by atoms with E-state index in [4.69, 9.17) is 4.55 Å². The van der Waals surface area contributed by atoms with Crippen molar-refractivity contribution >= 4 is 55.6 Å². The molecular formula is CH6O3SSr. The van der Waals surface area contributed by atoms with Gasteiger partial charge in [0.25, 0.3) is 10.1 Å². The Hall–Kier alpha value is 1.39. The van der Waals surface area contributed by atoms with Crippen LogP contribution < -0.4 is 0 Å². The molecule has 0 heterocycles. The van der Waals surface area contributed by atoms with Gasteiger partial charge in [0.1, 0.15) is 0 Å². The quantitative estimate of drug-likeness (QED) is 0.373. The fourth-order valence-corrected chi connectivity index (χ4v) is 0. The second kappa shape index (κ2) is 3.40. The van der Waals surface area contributed by atoms with Crippen LogP contribution in [0.4, 0.5) is 0 Å². The Balaban J connectivity index is 0. The molecule has 0 amide bonds. The maximum absolute atomic E-state index is 9.19. The summed E-state index contributed by atoms with van der Waals surface area (Å²) < 4.78 is 25.9. The Kier molecular flexibility index (Phi) is 5.89. The SMILES string of the molecule is CS(=O)(=O)O.[SrH2]. The summed E-state index contributed by atoms with van der Waals surface area (Å²) in [5.41, 5.74) is 0. The van der Waals surface area contributed by atoms with Crippen molar-refractivity contribution in [3.63, 3.8) is 0 Å². The van der Waals surface area contributed by atoms with Gasteiger partial charge in [-0.25, -0.2) is 0 Å². The zero-order valence-electron chi connectivity index (χ0n) is 2.67. The summed E-state index contributed by atoms with van der Waals surface area (Å²) in [6.45, 7) is 0. The second-order valence-corrected chi connectivity index (χ2v) is 2.20. The van der Waals surface area contributed by atoms with Crippen LogP contribution in [0.5, 0.6) is 0 Å². The van der Waals surface area contributed by atoms with Gasteiger partial charge in [-0.3, -0.25) is 4.55 Å². The van der Waals surface area contributed by atoms with Crippen molar-refractivity contribution in [3.8, 4) is 0 Å². The van der Waals surface area contributed by atoms with Gasteiger partial charge in [0.2, 0.25) is 0 Å². The maximum atomic E-state index is 9.19. The van der Waals surface area contributed by atoms with Gasteiger partial charge in [0.15, 0.2) is 0 Å². The van der Waals surface area contributed by atoms with Gasteiger partial charge < -0.3 is 0 Å². The molecule has 0 aliphatic rings. The molecule has 0 unspecified atom stereocenters. The molecule has 0 aliphatic heterocycles. The fourth-order valence-electron chi connectivity index (χ4n) is 0. The van der Waals surface area contributed by atoms with Crippen LogP contribution in [0, 0.1) is 0 Å². The normalized spacial score (nSPS) is 9.67. The average Bonchev–Trinajstić information content (AvgIpc) is 0.722. The van der Waals surface area contributed by atoms with Crippen LogP contribution >= 0.6 is 0 Å². The summed E-state index contributed by atoms with van der Waals surface area (Å²) >= 11 is 0. The van der Waals surface area contributed by atoms with Gasteiger partial charge in [-0.05, 0) is 0 Å². The number of hydrogen-bond acceptors (Lipinski definition) is 2. The molecule has 0 radical (unpaired) electrons. The zero-order chi connectivity index (χ0) is 4.50. The van der Waals surface area contributed by atoms with Crippen molar-refractivity contribution in [2.45, 2.75) is 0 Å². The van der Waals surface area contributed by atoms with Crippen LogP contribution in [0.2, 0.25) is 0 Å². The summed E-state index contributed by atoms with van der Waals surface area (Å²) in [4.78, 5) is 0. The number of hydrogen-bond donors (Lipinski definition) is 1. The van der Waals surface area contributed by atoms with Crippen LogP contribution in [-0.4, -0.2) is 64.7 Å². The summed E-state index contributed by atoms with van der Waals surface area (Å²) in [6.07, 6.45) is 0.715. The summed E-state index contributed by atoms with van der Waals surface area (Å²) in [7, 11) is -3.67. The van der Waals surface area contributed by atoms with Crippen molar-refractivity contribution in [1.29, 1.82) is 0 Å². The minimum absolute atomic E-state index is 0. The van der Waals surface area contributed by atoms with Gasteiger partial charge in [-0.2, -0.15) is 8.42 Å². The molecule has 6 heavy (non-hydrogen) atoms. The van der Waals surface area contributed by atoms with E-state index in [1.165, 1.54) is 0 Å². The standard InChI is InChI=1S/CH4O3S.Sr.2H/c1-5(2,3)4;;;/h1H3,(H,2,3,4);;;. The fraction of sp³-hybridized carbons (Fsp3) is 1.00. The molecule has 0 rings (SSSR count). The molecule has 0 saturated heterocycles. The van der Waals surface area contributed by atoms with E-state index >= 15 is 0 Å². The van der Waals surface area contributed by atoms with E-state index in [9.17, 15) is 8.42 Å². The molecule has 5 heteroatoms. The predicted octanol–water partition coefficient (Wildman–Crippen LogP) is -1.41. The summed E-state index contributed by atoms with van der Waals surface area (Å²) in [6, 6.07) is 0. The molecule has 0 spiro atoms. The molecule has 0 bridgehead atoms. The molecule has 0 atom stereocenters. The van der Waals surface area contributed by atoms with E-state index in [0.29, 0.717) is 6.26 Å². The second-order valence-electron chi connectivity index (χ2n) is 0.733. The molecule has 0 aliphatic carbocycles. The summed E-state index contributed by atoms with van der Waals surface area (Å²) in [5, 5.41) is 0. The third-order valence-corrected chi connectivity index (χ3v) is 0. The van der Waals surface area contributed by atoms with Crippen molar-refractivity contribution in [1.82, 2.24) is 0 Å². The third kappa shape index (κ3) is 53.7. The van der Waals surface area contributed by atoms with E-state index in [0.717, 1.165) is 0 Å². The van der Waals surface area contributed by atoms with E-state index in [1.807, 2.05) is 0 Å². The Labute approximate surface area is 73.8 Å². The van der Waals surface area contributed by atoms with Gasteiger partial charge in [0, 0.05) is 0 Å². The van der Waals surface area contributed by atoms with Crippen molar-refractivity contribution in [3.05, 3.63) is 0 Å². The number of rotatable bonds is 0. The van der Waals surface area contributed by atoms with Crippen LogP contribution in [0.15, 0.2) is 0 Å². The van der Waals surface area contributed by atoms with E-state index < -0.39 is 10.1 Å². The monoisotopic (exact) mass is 186 g/mol. The molecule has 0 fully saturated rings. The first-order valence-electron chi connectivity index (χ1n) is 0.924. The summed E-state index contributed by atoms with van der Waals surface area (Å²) in [5.74, 6) is 0. The molecule has 0 saturated carbocycles. The van der Waals surface area contributed by atoms with E-state index in [-0.39, 0.29) is 45.5 Å². The Morgan fingerprint density at radius 1 is 1.50 bits per heavy atom. The van der Waals surface area contributed by atoms with Gasteiger partial charge in [-0.15, -0.1) is 0 Å². The van der Waals surface area contributed by atoms with E-state index in [2.05, 4.69) is 0 Å². The molecule has 0 aromatic rings. The van der Waals surface area contributed by atoms with E-state index in [1.54, 1.807) is 0 Å². The molecule has 1 N–H and O–H groups in total. The van der Waals surface area contributed by atoms with Gasteiger partial charge in [-0.1, -0.05) is 0 Å². The van der Waals surface area contributed by atoms with Crippen LogP contribution in [0.3, 0.4) is 0 Å². The minimum atomic E-state index is -3.67. The van der Waals surface area contributed by atoms with Crippen molar-refractivity contribution in [2.75, 3.05) is 6.26 Å². The first-order valence-corrected chi connectivity index (χ1v) is 2.77. The van der Waals surface area contributed by atoms with Crippen molar-refractivity contribution < 1.29 is 13.0 Å². The molecule has 3 nitrogen and oxygen atoms in total. The Morgan fingerprint density at radius 3 is 1.50 bits per heavy atom.